The Kier molecular flexibility index (Phi) is 8.82. The fraction of sp³-hybridized carbons (Fsp3) is 0.417. The van der Waals surface area contributed by atoms with Gasteiger partial charge in [0.2, 0.25) is 5.91 Å². The highest BCUT2D eigenvalue weighted by molar-refractivity contribution is 7.15. The lowest BCUT2D eigenvalue weighted by Crippen LogP contribution is -2.41. The van der Waals surface area contributed by atoms with Gasteiger partial charge in [0.1, 0.15) is 5.56 Å². The monoisotopic (exact) mass is 503 g/mol. The van der Waals surface area contributed by atoms with Crippen LogP contribution in [-0.4, -0.2) is 52.3 Å². The first-order chi connectivity index (χ1) is 16.0. The van der Waals surface area contributed by atoms with Crippen molar-refractivity contribution < 1.29 is 9.59 Å². The Morgan fingerprint density at radius 1 is 1.18 bits per heavy atom. The number of thiazole rings is 1. The maximum absolute atomic E-state index is 13.3. The van der Waals surface area contributed by atoms with Gasteiger partial charge < -0.3 is 15.1 Å². The number of nitrogens with zero attached hydrogens (tertiary/aromatic N) is 4. The molecule has 0 fully saturated rings. The highest BCUT2D eigenvalue weighted by Crippen LogP contribution is 2.23. The van der Waals surface area contributed by atoms with Crippen molar-refractivity contribution in [1.82, 2.24) is 19.6 Å². The molecule has 1 aliphatic rings. The summed E-state index contributed by atoms with van der Waals surface area (Å²) < 4.78 is 1.41. The number of carbonyl (C=O) groups excluding carboxylic acids is 2. The molecule has 10 heteroatoms. The van der Waals surface area contributed by atoms with Gasteiger partial charge >= 0.3 is 0 Å². The van der Waals surface area contributed by atoms with Crippen LogP contribution in [0.25, 0.3) is 4.96 Å². The van der Waals surface area contributed by atoms with Crippen LogP contribution in [0.5, 0.6) is 0 Å². The van der Waals surface area contributed by atoms with E-state index in [1.807, 2.05) is 43.0 Å². The van der Waals surface area contributed by atoms with Gasteiger partial charge in [-0.1, -0.05) is 32.0 Å². The van der Waals surface area contributed by atoms with Crippen LogP contribution < -0.4 is 15.8 Å². The van der Waals surface area contributed by atoms with E-state index in [9.17, 15) is 14.4 Å². The molecule has 4 rings (SSSR count). The van der Waals surface area contributed by atoms with E-state index in [1.165, 1.54) is 21.9 Å². The molecule has 0 spiro atoms. The minimum absolute atomic E-state index is 0. The second-order valence-corrected chi connectivity index (χ2v) is 9.50. The zero-order valence-electron chi connectivity index (χ0n) is 19.4. The Morgan fingerprint density at radius 3 is 2.76 bits per heavy atom. The van der Waals surface area contributed by atoms with E-state index in [2.05, 4.69) is 10.3 Å². The molecule has 1 aromatic carbocycles. The number of halogens is 1. The van der Waals surface area contributed by atoms with E-state index in [0.29, 0.717) is 50.5 Å². The Balaban J connectivity index is 0.00000324. The van der Waals surface area contributed by atoms with Gasteiger partial charge in [0.05, 0.1) is 0 Å². The average molecular weight is 504 g/mol. The van der Waals surface area contributed by atoms with Crippen LogP contribution in [0.3, 0.4) is 0 Å². The lowest BCUT2D eigenvalue weighted by Gasteiger charge is -2.27. The smallest absolute Gasteiger partial charge is 0.271 e. The van der Waals surface area contributed by atoms with Gasteiger partial charge in [-0.15, -0.1) is 23.7 Å². The molecule has 0 saturated carbocycles. The quantitative estimate of drug-likeness (QED) is 0.593. The van der Waals surface area contributed by atoms with Gasteiger partial charge in [-0.3, -0.25) is 18.8 Å². The number of hydrogen-bond donors (Lipinski definition) is 1. The zero-order valence-corrected chi connectivity index (χ0v) is 21.0. The molecule has 182 valence electrons. The van der Waals surface area contributed by atoms with Crippen molar-refractivity contribution in [1.29, 1.82) is 0 Å². The molecular formula is C24H30ClN5O3S. The number of benzene rings is 1. The van der Waals surface area contributed by atoms with Crippen LogP contribution in [0.2, 0.25) is 0 Å². The van der Waals surface area contributed by atoms with Crippen molar-refractivity contribution >= 4 is 46.2 Å². The summed E-state index contributed by atoms with van der Waals surface area (Å²) in [6.45, 7) is 6.66. The first-order valence-electron chi connectivity index (χ1n) is 11.3. The number of fused-ring (bicyclic) bond motifs is 2. The number of rotatable bonds is 3. The summed E-state index contributed by atoms with van der Waals surface area (Å²) in [6, 6.07) is 7.94. The van der Waals surface area contributed by atoms with Crippen molar-refractivity contribution in [2.24, 2.45) is 5.92 Å². The number of amides is 2. The van der Waals surface area contributed by atoms with Crippen molar-refractivity contribution in [3.63, 3.8) is 0 Å². The predicted octanol–water partition coefficient (Wildman–Crippen LogP) is 3.19. The third-order valence-electron chi connectivity index (χ3n) is 5.71. The SMILES string of the molecule is CC(C)CC(=O)N1CCCN(C(=O)c2cnc3sccn3c2=O)CCNCc2ccccc21.Cl. The summed E-state index contributed by atoms with van der Waals surface area (Å²) in [7, 11) is 0. The standard InChI is InChI=1S/C24H29N5O3S.ClH/c1-17(2)14-21(30)28-10-5-9-27(11-8-25-15-18-6-3-4-7-20(18)28)22(31)19-16-26-24-29(23(19)32)12-13-33-24;/h3-4,6-7,12-13,16-17,25H,5,8-11,14-15H2,1-2H3;1H. The maximum atomic E-state index is 13.3. The number of hydrogen-bond acceptors (Lipinski definition) is 6. The minimum atomic E-state index is -0.352. The third-order valence-corrected chi connectivity index (χ3v) is 6.48. The third kappa shape index (κ3) is 5.65. The Morgan fingerprint density at radius 2 is 1.97 bits per heavy atom. The summed E-state index contributed by atoms with van der Waals surface area (Å²) in [5.74, 6) is 0.0122. The van der Waals surface area contributed by atoms with Crippen LogP contribution in [0.4, 0.5) is 5.69 Å². The van der Waals surface area contributed by atoms with Gasteiger partial charge in [0.25, 0.3) is 11.5 Å². The molecule has 1 N–H and O–H groups in total. The molecular weight excluding hydrogens is 474 g/mol. The summed E-state index contributed by atoms with van der Waals surface area (Å²) in [6.07, 6.45) is 4.09. The van der Waals surface area contributed by atoms with Crippen LogP contribution in [0.15, 0.2) is 46.8 Å². The molecule has 0 unspecified atom stereocenters. The molecule has 3 aromatic rings. The Hall–Kier alpha value is -2.75. The molecule has 0 bridgehead atoms. The van der Waals surface area contributed by atoms with Crippen LogP contribution >= 0.6 is 23.7 Å². The maximum Gasteiger partial charge on any atom is 0.271 e. The lowest BCUT2D eigenvalue weighted by molar-refractivity contribution is -0.119. The fourth-order valence-corrected chi connectivity index (χ4v) is 4.75. The highest BCUT2D eigenvalue weighted by Gasteiger charge is 2.24. The average Bonchev–Trinajstić information content (AvgIpc) is 3.26. The molecule has 2 amide bonds. The van der Waals surface area contributed by atoms with Gasteiger partial charge in [-0.25, -0.2) is 4.98 Å². The van der Waals surface area contributed by atoms with Crippen molar-refractivity contribution in [3.8, 4) is 0 Å². The number of aromatic nitrogens is 2. The Labute approximate surface area is 209 Å². The molecule has 1 aliphatic heterocycles. The summed E-state index contributed by atoms with van der Waals surface area (Å²) >= 11 is 1.35. The first-order valence-corrected chi connectivity index (χ1v) is 12.2. The second-order valence-electron chi connectivity index (χ2n) is 8.63. The van der Waals surface area contributed by atoms with E-state index < -0.39 is 0 Å². The van der Waals surface area contributed by atoms with Crippen LogP contribution in [0.1, 0.15) is 42.6 Å². The summed E-state index contributed by atoms with van der Waals surface area (Å²) in [5, 5.41) is 5.16. The summed E-state index contributed by atoms with van der Waals surface area (Å²) in [5.41, 5.74) is 1.69. The lowest BCUT2D eigenvalue weighted by atomic mass is 10.1. The van der Waals surface area contributed by atoms with E-state index in [1.54, 1.807) is 16.5 Å². The van der Waals surface area contributed by atoms with E-state index >= 15 is 0 Å². The molecule has 0 saturated heterocycles. The first kappa shape index (κ1) is 25.9. The Bertz CT molecular complexity index is 1210. The largest absolute Gasteiger partial charge is 0.337 e. The molecule has 2 aromatic heterocycles. The van der Waals surface area contributed by atoms with Crippen molar-refractivity contribution in [3.05, 3.63) is 63.5 Å². The topological polar surface area (TPSA) is 87.0 Å². The number of anilines is 1. The molecule has 0 atom stereocenters. The molecule has 0 aliphatic carbocycles. The van der Waals surface area contributed by atoms with Crippen molar-refractivity contribution in [2.75, 3.05) is 31.1 Å². The highest BCUT2D eigenvalue weighted by atomic mass is 35.5. The second kappa shape index (κ2) is 11.6. The van der Waals surface area contributed by atoms with Gasteiger partial charge in [0, 0.05) is 62.6 Å². The van der Waals surface area contributed by atoms with Crippen LogP contribution in [-0.2, 0) is 11.3 Å². The normalized spacial score (nSPS) is 14.9. The van der Waals surface area contributed by atoms with E-state index in [-0.39, 0.29) is 41.3 Å². The molecule has 3 heterocycles. The molecule has 8 nitrogen and oxygen atoms in total. The van der Waals surface area contributed by atoms with Gasteiger partial charge in [-0.05, 0) is 24.0 Å². The predicted molar refractivity (Wildman–Crippen MR) is 137 cm³/mol. The fourth-order valence-electron chi connectivity index (χ4n) is 4.08. The number of carbonyl (C=O) groups is 2. The van der Waals surface area contributed by atoms with E-state index in [4.69, 9.17) is 0 Å². The molecule has 0 radical (unpaired) electrons. The minimum Gasteiger partial charge on any atom is -0.337 e. The van der Waals surface area contributed by atoms with Crippen LogP contribution in [0, 0.1) is 5.92 Å². The summed E-state index contributed by atoms with van der Waals surface area (Å²) in [4.78, 5) is 47.5. The van der Waals surface area contributed by atoms with Crippen molar-refractivity contribution in [2.45, 2.75) is 33.2 Å². The number of nitrogens with one attached hydrogen (secondary N) is 1. The number of para-hydroxylation sites is 1. The van der Waals surface area contributed by atoms with Gasteiger partial charge in [0.15, 0.2) is 4.96 Å². The van der Waals surface area contributed by atoms with E-state index in [0.717, 1.165) is 11.3 Å². The van der Waals surface area contributed by atoms with Gasteiger partial charge in [-0.2, -0.15) is 0 Å². The molecule has 34 heavy (non-hydrogen) atoms. The zero-order chi connectivity index (χ0) is 23.4.